The monoisotopic (exact) mass is 155 g/mol. The molecule has 0 fully saturated rings. The summed E-state index contributed by atoms with van der Waals surface area (Å²) in [5, 5.41) is 8.90. The summed E-state index contributed by atoms with van der Waals surface area (Å²) in [4.78, 5) is 0. The molecule has 1 atom stereocenters. The van der Waals surface area contributed by atoms with Crippen molar-refractivity contribution in [3.8, 4) is 6.07 Å². The van der Waals surface area contributed by atoms with Gasteiger partial charge in [-0.3, -0.25) is 0 Å². The molecule has 0 saturated heterocycles. The van der Waals surface area contributed by atoms with Gasteiger partial charge in [0.25, 0.3) is 0 Å². The largest absolute Gasteiger partial charge is 0.360 e. The van der Waals surface area contributed by atoms with Crippen molar-refractivity contribution in [2.75, 3.05) is 6.61 Å². The van der Waals surface area contributed by atoms with Crippen molar-refractivity contribution in [2.45, 2.75) is 39.7 Å². The van der Waals surface area contributed by atoms with Crippen molar-refractivity contribution in [3.63, 3.8) is 0 Å². The minimum absolute atomic E-state index is 0.262. The zero-order valence-electron chi connectivity index (χ0n) is 7.85. The van der Waals surface area contributed by atoms with Gasteiger partial charge in [-0.15, -0.1) is 0 Å². The lowest BCUT2D eigenvalue weighted by Gasteiger charge is -2.28. The number of ether oxygens (including phenoxy) is 1. The Morgan fingerprint density at radius 1 is 1.45 bits per heavy atom. The van der Waals surface area contributed by atoms with Gasteiger partial charge in [0.1, 0.15) is 0 Å². The lowest BCUT2D eigenvalue weighted by atomic mass is 9.89. The van der Waals surface area contributed by atoms with Crippen LogP contribution in [0, 0.1) is 17.2 Å². The Morgan fingerprint density at radius 2 is 2.00 bits per heavy atom. The summed E-state index contributed by atoms with van der Waals surface area (Å²) < 4.78 is 5.43. The molecule has 0 bridgehead atoms. The quantitative estimate of drug-likeness (QED) is 0.624. The highest BCUT2D eigenvalue weighted by Crippen LogP contribution is 2.24. The van der Waals surface area contributed by atoms with E-state index >= 15 is 0 Å². The zero-order chi connectivity index (χ0) is 8.91. The summed E-state index contributed by atoms with van der Waals surface area (Å²) in [5.74, 6) is 0.262. The Bertz CT molecular complexity index is 148. The summed E-state index contributed by atoms with van der Waals surface area (Å²) >= 11 is 0. The smallest absolute Gasteiger partial charge is 0.156 e. The fraction of sp³-hybridized carbons (Fsp3) is 0.889. The second-order valence-corrected chi connectivity index (χ2v) is 2.94. The second-order valence-electron chi connectivity index (χ2n) is 2.94. The first-order chi connectivity index (χ1) is 5.13. The third kappa shape index (κ3) is 2.20. The molecule has 0 radical (unpaired) electrons. The van der Waals surface area contributed by atoms with Gasteiger partial charge in [-0.25, -0.2) is 0 Å². The number of rotatable bonds is 4. The van der Waals surface area contributed by atoms with E-state index < -0.39 is 5.60 Å². The summed E-state index contributed by atoms with van der Waals surface area (Å²) in [6, 6.07) is 2.24. The standard InChI is InChI=1S/C9H17NO/c1-5-9(7-10,8(3)4)11-6-2/h8H,5-6H2,1-4H3. The van der Waals surface area contributed by atoms with E-state index in [4.69, 9.17) is 10.00 Å². The molecule has 1 unspecified atom stereocenters. The van der Waals surface area contributed by atoms with Gasteiger partial charge in [0.15, 0.2) is 5.60 Å². The minimum atomic E-state index is -0.561. The minimum Gasteiger partial charge on any atom is -0.360 e. The maximum atomic E-state index is 8.90. The van der Waals surface area contributed by atoms with Crippen molar-refractivity contribution < 1.29 is 4.74 Å². The van der Waals surface area contributed by atoms with E-state index in [9.17, 15) is 0 Å². The Balaban J connectivity index is 4.36. The van der Waals surface area contributed by atoms with Crippen LogP contribution in [0.2, 0.25) is 0 Å². The molecule has 0 spiro atoms. The highest BCUT2D eigenvalue weighted by atomic mass is 16.5. The molecule has 0 aromatic heterocycles. The van der Waals surface area contributed by atoms with Crippen molar-refractivity contribution in [1.82, 2.24) is 0 Å². The number of hydrogen-bond acceptors (Lipinski definition) is 2. The van der Waals surface area contributed by atoms with Crippen LogP contribution in [0.5, 0.6) is 0 Å². The SMILES string of the molecule is CCOC(C#N)(CC)C(C)C. The lowest BCUT2D eigenvalue weighted by molar-refractivity contribution is -0.0310. The first kappa shape index (κ1) is 10.4. The van der Waals surface area contributed by atoms with Crippen LogP contribution in [0.15, 0.2) is 0 Å². The van der Waals surface area contributed by atoms with Gasteiger partial charge in [-0.1, -0.05) is 20.8 Å². The molecule has 0 aliphatic rings. The van der Waals surface area contributed by atoms with Crippen LogP contribution in [-0.4, -0.2) is 12.2 Å². The van der Waals surface area contributed by atoms with E-state index in [-0.39, 0.29) is 5.92 Å². The predicted octanol–water partition coefficient (Wildman–Crippen LogP) is 2.35. The first-order valence-electron chi connectivity index (χ1n) is 4.18. The summed E-state index contributed by atoms with van der Waals surface area (Å²) in [6.07, 6.45) is 0.759. The lowest BCUT2D eigenvalue weighted by Crippen LogP contribution is -2.36. The molecule has 0 N–H and O–H groups in total. The van der Waals surface area contributed by atoms with Gasteiger partial charge in [-0.05, 0) is 19.3 Å². The molecule has 2 nitrogen and oxygen atoms in total. The predicted molar refractivity (Wildman–Crippen MR) is 45.1 cm³/mol. The molecule has 0 aromatic rings. The van der Waals surface area contributed by atoms with Crippen LogP contribution >= 0.6 is 0 Å². The van der Waals surface area contributed by atoms with E-state index in [2.05, 4.69) is 6.07 Å². The molecule has 0 heterocycles. The van der Waals surface area contributed by atoms with Crippen molar-refractivity contribution in [1.29, 1.82) is 5.26 Å². The molecule has 0 aromatic carbocycles. The third-order valence-corrected chi connectivity index (χ3v) is 2.05. The second kappa shape index (κ2) is 4.35. The maximum absolute atomic E-state index is 8.90. The molecule has 64 valence electrons. The Labute approximate surface area is 69.2 Å². The van der Waals surface area contributed by atoms with Crippen molar-refractivity contribution >= 4 is 0 Å². The Hall–Kier alpha value is -0.550. The zero-order valence-corrected chi connectivity index (χ0v) is 7.85. The van der Waals surface area contributed by atoms with E-state index in [0.29, 0.717) is 6.61 Å². The van der Waals surface area contributed by atoms with Gasteiger partial charge < -0.3 is 4.74 Å². The van der Waals surface area contributed by atoms with Gasteiger partial charge in [0.2, 0.25) is 0 Å². The number of hydrogen-bond donors (Lipinski definition) is 0. The topological polar surface area (TPSA) is 33.0 Å². The average molecular weight is 155 g/mol. The molecular formula is C9H17NO. The average Bonchev–Trinajstić information content (AvgIpc) is 2.00. The molecule has 0 rings (SSSR count). The van der Waals surface area contributed by atoms with Crippen molar-refractivity contribution in [3.05, 3.63) is 0 Å². The van der Waals surface area contributed by atoms with Crippen LogP contribution in [0.4, 0.5) is 0 Å². The highest BCUT2D eigenvalue weighted by Gasteiger charge is 2.32. The Morgan fingerprint density at radius 3 is 2.09 bits per heavy atom. The third-order valence-electron chi connectivity index (χ3n) is 2.05. The first-order valence-corrected chi connectivity index (χ1v) is 4.18. The molecule has 0 amide bonds. The summed E-state index contributed by atoms with van der Waals surface area (Å²) in [6.45, 7) is 8.55. The van der Waals surface area contributed by atoms with Crippen LogP contribution < -0.4 is 0 Å². The summed E-state index contributed by atoms with van der Waals surface area (Å²) in [7, 11) is 0. The molecule has 2 heteroatoms. The molecule has 0 saturated carbocycles. The van der Waals surface area contributed by atoms with Crippen LogP contribution in [-0.2, 0) is 4.74 Å². The normalized spacial score (nSPS) is 16.0. The molecule has 0 aliphatic heterocycles. The van der Waals surface area contributed by atoms with E-state index in [1.54, 1.807) is 0 Å². The van der Waals surface area contributed by atoms with Crippen LogP contribution in [0.1, 0.15) is 34.1 Å². The molecular weight excluding hydrogens is 138 g/mol. The highest BCUT2D eigenvalue weighted by molar-refractivity contribution is 5.03. The fourth-order valence-corrected chi connectivity index (χ4v) is 1.17. The molecule has 11 heavy (non-hydrogen) atoms. The maximum Gasteiger partial charge on any atom is 0.156 e. The van der Waals surface area contributed by atoms with E-state index in [1.807, 2.05) is 27.7 Å². The number of nitriles is 1. The van der Waals surface area contributed by atoms with Gasteiger partial charge in [-0.2, -0.15) is 5.26 Å². The van der Waals surface area contributed by atoms with Crippen LogP contribution in [0.25, 0.3) is 0 Å². The van der Waals surface area contributed by atoms with Crippen LogP contribution in [0.3, 0.4) is 0 Å². The van der Waals surface area contributed by atoms with Gasteiger partial charge in [0, 0.05) is 6.61 Å². The fourth-order valence-electron chi connectivity index (χ4n) is 1.17. The van der Waals surface area contributed by atoms with Gasteiger partial charge in [0.05, 0.1) is 6.07 Å². The van der Waals surface area contributed by atoms with E-state index in [1.165, 1.54) is 0 Å². The van der Waals surface area contributed by atoms with Crippen molar-refractivity contribution in [2.24, 2.45) is 5.92 Å². The van der Waals surface area contributed by atoms with Gasteiger partial charge >= 0.3 is 0 Å². The Kier molecular flexibility index (Phi) is 4.14. The van der Waals surface area contributed by atoms with E-state index in [0.717, 1.165) is 6.42 Å². The summed E-state index contributed by atoms with van der Waals surface area (Å²) in [5.41, 5.74) is -0.561. The number of nitrogens with zero attached hydrogens (tertiary/aromatic N) is 1. The molecule has 0 aliphatic carbocycles.